The van der Waals surface area contributed by atoms with E-state index in [1.54, 1.807) is 6.07 Å². The van der Waals surface area contributed by atoms with Crippen molar-refractivity contribution in [3.8, 4) is 0 Å². The molecule has 1 aliphatic carbocycles. The van der Waals surface area contributed by atoms with Crippen molar-refractivity contribution in [3.63, 3.8) is 0 Å². The summed E-state index contributed by atoms with van der Waals surface area (Å²) in [6, 6.07) is 11.2. The van der Waals surface area contributed by atoms with Gasteiger partial charge in [0.1, 0.15) is 23.9 Å². The van der Waals surface area contributed by atoms with Crippen LogP contribution in [0.25, 0.3) is 0 Å². The topological polar surface area (TPSA) is 55.3 Å². The molecule has 0 bridgehead atoms. The highest BCUT2D eigenvalue weighted by atomic mass is 35.5. The summed E-state index contributed by atoms with van der Waals surface area (Å²) in [7, 11) is 0. The van der Waals surface area contributed by atoms with Gasteiger partial charge in [0.15, 0.2) is 0 Å². The van der Waals surface area contributed by atoms with Gasteiger partial charge in [0.25, 0.3) is 0 Å². The lowest BCUT2D eigenvalue weighted by Crippen LogP contribution is -2.34. The molecule has 1 amide bonds. The van der Waals surface area contributed by atoms with Crippen molar-refractivity contribution < 1.29 is 9.53 Å². The fourth-order valence-electron chi connectivity index (χ4n) is 2.09. The summed E-state index contributed by atoms with van der Waals surface area (Å²) in [5, 5.41) is 0.307. The number of rotatable bonds is 5. The van der Waals surface area contributed by atoms with E-state index in [1.807, 2.05) is 30.3 Å². The summed E-state index contributed by atoms with van der Waals surface area (Å²) in [5.41, 5.74) is 0.947. The highest BCUT2D eigenvalue weighted by Gasteiger charge is 2.29. The lowest BCUT2D eigenvalue weighted by atomic mass is 10.2. The average Bonchev–Trinajstić information content (AvgIpc) is 3.35. The van der Waals surface area contributed by atoms with Crippen molar-refractivity contribution in [2.24, 2.45) is 5.92 Å². The third-order valence-electron chi connectivity index (χ3n) is 3.46. The van der Waals surface area contributed by atoms with E-state index in [1.165, 1.54) is 11.2 Å². The van der Waals surface area contributed by atoms with Gasteiger partial charge in [-0.05, 0) is 24.3 Å². The van der Waals surface area contributed by atoms with E-state index >= 15 is 0 Å². The van der Waals surface area contributed by atoms with Crippen LogP contribution < -0.4 is 4.90 Å². The molecule has 0 unspecified atom stereocenters. The van der Waals surface area contributed by atoms with Crippen LogP contribution in [0.1, 0.15) is 18.4 Å². The molecule has 0 aliphatic heterocycles. The summed E-state index contributed by atoms with van der Waals surface area (Å²) in [4.78, 5) is 21.9. The van der Waals surface area contributed by atoms with Crippen molar-refractivity contribution in [1.29, 1.82) is 0 Å². The first-order chi connectivity index (χ1) is 10.7. The van der Waals surface area contributed by atoms with Gasteiger partial charge in [0, 0.05) is 12.6 Å². The zero-order chi connectivity index (χ0) is 15.4. The average molecular weight is 318 g/mol. The van der Waals surface area contributed by atoms with Crippen LogP contribution in [0.15, 0.2) is 42.7 Å². The number of ether oxygens (including phenoxy) is 1. The molecule has 22 heavy (non-hydrogen) atoms. The van der Waals surface area contributed by atoms with Crippen molar-refractivity contribution in [2.75, 3.05) is 11.4 Å². The summed E-state index contributed by atoms with van der Waals surface area (Å²) < 4.78 is 5.40. The molecule has 5 nitrogen and oxygen atoms in total. The lowest BCUT2D eigenvalue weighted by molar-refractivity contribution is 0.146. The second kappa shape index (κ2) is 6.75. The number of aromatic nitrogens is 2. The van der Waals surface area contributed by atoms with E-state index in [0.29, 0.717) is 23.4 Å². The van der Waals surface area contributed by atoms with Gasteiger partial charge in [-0.15, -0.1) is 0 Å². The van der Waals surface area contributed by atoms with Crippen LogP contribution in [0.4, 0.5) is 10.6 Å². The minimum Gasteiger partial charge on any atom is -0.444 e. The van der Waals surface area contributed by atoms with Gasteiger partial charge >= 0.3 is 6.09 Å². The highest BCUT2D eigenvalue weighted by Crippen LogP contribution is 2.31. The fraction of sp³-hybridized carbons (Fsp3) is 0.312. The lowest BCUT2D eigenvalue weighted by Gasteiger charge is -2.21. The smallest absolute Gasteiger partial charge is 0.415 e. The van der Waals surface area contributed by atoms with Gasteiger partial charge in [-0.3, -0.25) is 4.90 Å². The first kappa shape index (κ1) is 14.8. The Morgan fingerprint density at radius 3 is 2.73 bits per heavy atom. The molecule has 114 valence electrons. The fourth-order valence-corrected chi connectivity index (χ4v) is 2.23. The maximum Gasteiger partial charge on any atom is 0.415 e. The molecule has 0 N–H and O–H groups in total. The third-order valence-corrected chi connectivity index (χ3v) is 3.67. The molecule has 1 heterocycles. The molecule has 0 spiro atoms. The van der Waals surface area contributed by atoms with Crippen LogP contribution in [0.2, 0.25) is 5.15 Å². The third kappa shape index (κ3) is 3.95. The van der Waals surface area contributed by atoms with Gasteiger partial charge in [0.05, 0.1) is 0 Å². The molecule has 6 heteroatoms. The molecule has 1 aromatic heterocycles. The van der Waals surface area contributed by atoms with E-state index in [0.717, 1.165) is 18.4 Å². The zero-order valence-electron chi connectivity index (χ0n) is 12.0. The van der Waals surface area contributed by atoms with E-state index in [-0.39, 0.29) is 6.61 Å². The van der Waals surface area contributed by atoms with Crippen LogP contribution >= 0.6 is 11.6 Å². The molecule has 0 saturated heterocycles. The molecule has 1 aliphatic rings. The van der Waals surface area contributed by atoms with Crippen molar-refractivity contribution in [1.82, 2.24) is 9.97 Å². The molecule has 0 atom stereocenters. The maximum absolute atomic E-state index is 12.4. The Kier molecular flexibility index (Phi) is 4.53. The molecular weight excluding hydrogens is 302 g/mol. The maximum atomic E-state index is 12.4. The number of hydrogen-bond donors (Lipinski definition) is 0. The molecule has 2 aromatic rings. The van der Waals surface area contributed by atoms with Crippen LogP contribution in [-0.2, 0) is 11.3 Å². The first-order valence-electron chi connectivity index (χ1n) is 7.18. The Labute approximate surface area is 133 Å². The Bertz CT molecular complexity index is 647. The van der Waals surface area contributed by atoms with Crippen LogP contribution in [0.5, 0.6) is 0 Å². The second-order valence-corrected chi connectivity index (χ2v) is 5.68. The Hall–Kier alpha value is -2.14. The van der Waals surface area contributed by atoms with Crippen LogP contribution in [-0.4, -0.2) is 22.6 Å². The predicted octanol–water partition coefficient (Wildman–Crippen LogP) is 3.68. The number of anilines is 1. The number of nitrogens with zero attached hydrogens (tertiary/aromatic N) is 3. The Morgan fingerprint density at radius 1 is 1.27 bits per heavy atom. The molecule has 3 rings (SSSR count). The standard InChI is InChI=1S/C16H16ClN3O2/c17-14-8-15(19-11-18-14)20(9-12-6-7-12)16(21)22-10-13-4-2-1-3-5-13/h1-5,8,11-12H,6-7,9-10H2. The molecular formula is C16H16ClN3O2. The SMILES string of the molecule is O=C(OCc1ccccc1)N(CC1CC1)c1cc(Cl)ncn1. The van der Waals surface area contributed by atoms with Gasteiger partial charge in [-0.1, -0.05) is 41.9 Å². The first-order valence-corrected chi connectivity index (χ1v) is 7.56. The van der Waals surface area contributed by atoms with Crippen molar-refractivity contribution in [3.05, 3.63) is 53.4 Å². The van der Waals surface area contributed by atoms with E-state index < -0.39 is 6.09 Å². The van der Waals surface area contributed by atoms with Crippen molar-refractivity contribution in [2.45, 2.75) is 19.4 Å². The van der Waals surface area contributed by atoms with Gasteiger partial charge in [-0.25, -0.2) is 14.8 Å². The Balaban J connectivity index is 1.69. The number of carbonyl (C=O) groups is 1. The number of benzene rings is 1. The number of amides is 1. The van der Waals surface area contributed by atoms with Crippen LogP contribution in [0, 0.1) is 5.92 Å². The summed E-state index contributed by atoms with van der Waals surface area (Å²) in [6.45, 7) is 0.834. The molecule has 1 aromatic carbocycles. The minimum atomic E-state index is -0.412. The van der Waals surface area contributed by atoms with Crippen molar-refractivity contribution >= 4 is 23.5 Å². The number of carbonyl (C=O) groups excluding carboxylic acids is 1. The highest BCUT2D eigenvalue weighted by molar-refractivity contribution is 6.29. The monoisotopic (exact) mass is 317 g/mol. The largest absolute Gasteiger partial charge is 0.444 e. The number of halogens is 1. The van der Waals surface area contributed by atoms with E-state index in [4.69, 9.17) is 16.3 Å². The summed E-state index contributed by atoms with van der Waals surface area (Å²) >= 11 is 5.89. The summed E-state index contributed by atoms with van der Waals surface area (Å²) in [6.07, 6.45) is 3.19. The minimum absolute atomic E-state index is 0.236. The van der Waals surface area contributed by atoms with Gasteiger partial charge in [-0.2, -0.15) is 0 Å². The zero-order valence-corrected chi connectivity index (χ0v) is 12.7. The van der Waals surface area contributed by atoms with E-state index in [9.17, 15) is 4.79 Å². The van der Waals surface area contributed by atoms with Gasteiger partial charge in [0.2, 0.25) is 0 Å². The number of hydrogen-bond acceptors (Lipinski definition) is 4. The predicted molar refractivity (Wildman–Crippen MR) is 83.7 cm³/mol. The normalized spacial score (nSPS) is 13.7. The molecule has 1 fully saturated rings. The summed E-state index contributed by atoms with van der Waals surface area (Å²) in [5.74, 6) is 0.989. The Morgan fingerprint density at radius 2 is 2.05 bits per heavy atom. The van der Waals surface area contributed by atoms with E-state index in [2.05, 4.69) is 9.97 Å². The molecule has 0 radical (unpaired) electrons. The molecule has 1 saturated carbocycles. The van der Waals surface area contributed by atoms with Gasteiger partial charge < -0.3 is 4.74 Å². The van der Waals surface area contributed by atoms with Crippen LogP contribution in [0.3, 0.4) is 0 Å². The second-order valence-electron chi connectivity index (χ2n) is 5.29. The quantitative estimate of drug-likeness (QED) is 0.789.